The van der Waals surface area contributed by atoms with Crippen LogP contribution in [0.1, 0.15) is 13.8 Å². The van der Waals surface area contributed by atoms with E-state index in [2.05, 4.69) is 6.58 Å². The Morgan fingerprint density at radius 3 is 2.10 bits per heavy atom. The summed E-state index contributed by atoms with van der Waals surface area (Å²) < 4.78 is 0. The molecular weight excluding hydrogens is 132 g/mol. The molecule has 0 amide bonds. The monoisotopic (exact) mass is 144 g/mol. The van der Waals surface area contributed by atoms with Crippen molar-refractivity contribution in [2.75, 3.05) is 0 Å². The second-order valence-corrected chi connectivity index (χ2v) is 2.42. The Morgan fingerprint density at radius 2 is 2.00 bits per heavy atom. The molecule has 0 saturated heterocycles. The Bertz CT molecular complexity index is 133. The van der Waals surface area contributed by atoms with Crippen molar-refractivity contribution in [2.45, 2.75) is 20.0 Å². The summed E-state index contributed by atoms with van der Waals surface area (Å²) in [5.74, 6) is -1.77. The van der Waals surface area contributed by atoms with E-state index >= 15 is 0 Å². The molecular formula is C7H12O3. The molecule has 3 heteroatoms. The summed E-state index contributed by atoms with van der Waals surface area (Å²) >= 11 is 0. The molecule has 2 N–H and O–H groups in total. The first-order valence-corrected chi connectivity index (χ1v) is 3.03. The number of aliphatic carboxylic acids is 1. The van der Waals surface area contributed by atoms with Gasteiger partial charge in [-0.1, -0.05) is 12.2 Å². The average molecular weight is 144 g/mol. The number of aliphatic hydroxyl groups is 1. The molecule has 0 bridgehead atoms. The van der Waals surface area contributed by atoms with E-state index in [1.54, 1.807) is 6.92 Å². The van der Waals surface area contributed by atoms with Gasteiger partial charge >= 0.3 is 5.97 Å². The molecule has 0 aromatic rings. The minimum absolute atomic E-state index is 0.481. The fraction of sp³-hybridized carbons (Fsp3) is 0.571. The van der Waals surface area contributed by atoms with Gasteiger partial charge in [0, 0.05) is 0 Å². The van der Waals surface area contributed by atoms with Gasteiger partial charge in [0.1, 0.15) is 0 Å². The summed E-state index contributed by atoms with van der Waals surface area (Å²) in [4.78, 5) is 10.2. The van der Waals surface area contributed by atoms with E-state index in [-0.39, 0.29) is 0 Å². The first-order valence-electron chi connectivity index (χ1n) is 3.03. The van der Waals surface area contributed by atoms with E-state index in [9.17, 15) is 4.79 Å². The van der Waals surface area contributed by atoms with Crippen LogP contribution in [0.15, 0.2) is 12.2 Å². The molecule has 0 rings (SSSR count). The van der Waals surface area contributed by atoms with E-state index < -0.39 is 18.0 Å². The topological polar surface area (TPSA) is 57.5 Å². The Labute approximate surface area is 60.0 Å². The molecule has 0 aliphatic carbocycles. The number of carboxylic acid groups (broad SMARTS) is 1. The highest BCUT2D eigenvalue weighted by Gasteiger charge is 2.20. The maximum Gasteiger partial charge on any atom is 0.309 e. The lowest BCUT2D eigenvalue weighted by Gasteiger charge is -2.13. The summed E-state index contributed by atoms with van der Waals surface area (Å²) in [5, 5.41) is 17.5. The number of carbonyl (C=O) groups is 1. The van der Waals surface area contributed by atoms with E-state index in [1.165, 1.54) is 6.92 Å². The summed E-state index contributed by atoms with van der Waals surface area (Å²) in [5.41, 5.74) is 0.481. The minimum atomic E-state index is -1.00. The van der Waals surface area contributed by atoms with Crippen molar-refractivity contribution in [1.82, 2.24) is 0 Å². The number of carboxylic acids is 1. The predicted molar refractivity (Wildman–Crippen MR) is 37.6 cm³/mol. The molecule has 3 nitrogen and oxygen atoms in total. The summed E-state index contributed by atoms with van der Waals surface area (Å²) in [7, 11) is 0. The zero-order chi connectivity index (χ0) is 8.31. The van der Waals surface area contributed by atoms with Gasteiger partial charge in [-0.05, 0) is 13.8 Å². The molecule has 10 heavy (non-hydrogen) atoms. The third-order valence-corrected chi connectivity index (χ3v) is 1.37. The van der Waals surface area contributed by atoms with Crippen molar-refractivity contribution in [3.63, 3.8) is 0 Å². The van der Waals surface area contributed by atoms with Crippen molar-refractivity contribution in [2.24, 2.45) is 5.92 Å². The molecule has 0 heterocycles. The maximum atomic E-state index is 10.2. The van der Waals surface area contributed by atoms with Gasteiger partial charge < -0.3 is 10.2 Å². The molecule has 58 valence electrons. The van der Waals surface area contributed by atoms with Crippen molar-refractivity contribution in [3.05, 3.63) is 12.2 Å². The average Bonchev–Trinajstić information content (AvgIpc) is 1.84. The highest BCUT2D eigenvalue weighted by atomic mass is 16.4. The first kappa shape index (κ1) is 9.17. The SMILES string of the molecule is C=C(C)[C@@H](O)[C@@H](C)C(=O)O. The molecule has 2 atom stereocenters. The smallest absolute Gasteiger partial charge is 0.309 e. The van der Waals surface area contributed by atoms with Gasteiger partial charge in [0.2, 0.25) is 0 Å². The molecule has 0 aliphatic rings. The molecule has 0 fully saturated rings. The Morgan fingerprint density at radius 1 is 1.60 bits per heavy atom. The van der Waals surface area contributed by atoms with Gasteiger partial charge in [0.15, 0.2) is 0 Å². The summed E-state index contributed by atoms with van der Waals surface area (Å²) in [6.07, 6.45) is -0.933. The van der Waals surface area contributed by atoms with Crippen LogP contribution in [0.25, 0.3) is 0 Å². The lowest BCUT2D eigenvalue weighted by Crippen LogP contribution is -2.25. The molecule has 0 spiro atoms. The van der Waals surface area contributed by atoms with Gasteiger partial charge in [-0.3, -0.25) is 4.79 Å². The molecule has 0 radical (unpaired) electrons. The summed E-state index contributed by atoms with van der Waals surface area (Å²) in [6, 6.07) is 0. The van der Waals surface area contributed by atoms with Crippen LogP contribution in [0.5, 0.6) is 0 Å². The van der Waals surface area contributed by atoms with Crippen LogP contribution in [-0.4, -0.2) is 22.3 Å². The first-order chi connectivity index (χ1) is 4.46. The number of rotatable bonds is 3. The standard InChI is InChI=1S/C7H12O3/c1-4(2)6(8)5(3)7(9)10/h5-6,8H,1H2,2-3H3,(H,9,10)/t5-,6-/m1/s1. The van der Waals surface area contributed by atoms with Crippen molar-refractivity contribution >= 4 is 5.97 Å². The zero-order valence-electron chi connectivity index (χ0n) is 6.16. The highest BCUT2D eigenvalue weighted by molar-refractivity contribution is 5.70. The van der Waals surface area contributed by atoms with E-state index in [4.69, 9.17) is 10.2 Å². The van der Waals surface area contributed by atoms with Crippen LogP contribution in [0, 0.1) is 5.92 Å². The zero-order valence-corrected chi connectivity index (χ0v) is 6.16. The number of hydrogen-bond donors (Lipinski definition) is 2. The largest absolute Gasteiger partial charge is 0.481 e. The number of aliphatic hydroxyl groups excluding tert-OH is 1. The third kappa shape index (κ3) is 2.19. The van der Waals surface area contributed by atoms with Gasteiger partial charge in [-0.15, -0.1) is 0 Å². The third-order valence-electron chi connectivity index (χ3n) is 1.37. The van der Waals surface area contributed by atoms with E-state index in [1.807, 2.05) is 0 Å². The normalized spacial score (nSPS) is 15.9. The van der Waals surface area contributed by atoms with Crippen LogP contribution in [0.3, 0.4) is 0 Å². The van der Waals surface area contributed by atoms with Gasteiger partial charge in [0.05, 0.1) is 12.0 Å². The number of hydrogen-bond acceptors (Lipinski definition) is 2. The van der Waals surface area contributed by atoms with Crippen molar-refractivity contribution in [3.8, 4) is 0 Å². The van der Waals surface area contributed by atoms with Crippen LogP contribution in [0.2, 0.25) is 0 Å². The summed E-state index contributed by atoms with van der Waals surface area (Å²) in [6.45, 7) is 6.49. The molecule has 0 unspecified atom stereocenters. The Balaban J connectivity index is 4.07. The second kappa shape index (κ2) is 3.37. The van der Waals surface area contributed by atoms with Gasteiger partial charge in [-0.2, -0.15) is 0 Å². The van der Waals surface area contributed by atoms with Crippen LogP contribution < -0.4 is 0 Å². The predicted octanol–water partition coefficient (Wildman–Crippen LogP) is 0.644. The van der Waals surface area contributed by atoms with E-state index in [0.717, 1.165) is 0 Å². The highest BCUT2D eigenvalue weighted by Crippen LogP contribution is 2.09. The fourth-order valence-electron chi connectivity index (χ4n) is 0.562. The Kier molecular flexibility index (Phi) is 3.09. The molecule has 0 aromatic carbocycles. The quantitative estimate of drug-likeness (QED) is 0.571. The van der Waals surface area contributed by atoms with E-state index in [0.29, 0.717) is 5.57 Å². The van der Waals surface area contributed by atoms with Gasteiger partial charge in [0.25, 0.3) is 0 Å². The maximum absolute atomic E-state index is 10.2. The molecule has 0 aromatic heterocycles. The van der Waals surface area contributed by atoms with Crippen molar-refractivity contribution in [1.29, 1.82) is 0 Å². The minimum Gasteiger partial charge on any atom is -0.481 e. The Hall–Kier alpha value is -0.830. The lowest BCUT2D eigenvalue weighted by molar-refractivity contribution is -0.143. The molecule has 0 saturated carbocycles. The van der Waals surface area contributed by atoms with Crippen LogP contribution in [-0.2, 0) is 4.79 Å². The fourth-order valence-corrected chi connectivity index (χ4v) is 0.562. The van der Waals surface area contributed by atoms with Crippen LogP contribution >= 0.6 is 0 Å². The van der Waals surface area contributed by atoms with Crippen LogP contribution in [0.4, 0.5) is 0 Å². The molecule has 0 aliphatic heterocycles. The van der Waals surface area contributed by atoms with Gasteiger partial charge in [-0.25, -0.2) is 0 Å². The van der Waals surface area contributed by atoms with Crippen molar-refractivity contribution < 1.29 is 15.0 Å². The lowest BCUT2D eigenvalue weighted by atomic mass is 10.0. The second-order valence-electron chi connectivity index (χ2n) is 2.42.